The Balaban J connectivity index is 1.29. The van der Waals surface area contributed by atoms with Gasteiger partial charge < -0.3 is 15.6 Å². The van der Waals surface area contributed by atoms with Gasteiger partial charge in [-0.2, -0.15) is 0 Å². The fourth-order valence-electron chi connectivity index (χ4n) is 6.06. The average Bonchev–Trinajstić information content (AvgIpc) is 2.84. The third-order valence-electron chi connectivity index (χ3n) is 6.54. The number of nitrogens with one attached hydrogen (secondary N) is 3. The van der Waals surface area contributed by atoms with Gasteiger partial charge in [0.2, 0.25) is 0 Å². The molecule has 4 fully saturated rings. The van der Waals surface area contributed by atoms with Crippen molar-refractivity contribution in [1.82, 2.24) is 10.3 Å². The molecule has 4 aliphatic carbocycles. The van der Waals surface area contributed by atoms with Crippen LogP contribution in [0.2, 0.25) is 0 Å². The van der Waals surface area contributed by atoms with Crippen LogP contribution >= 0.6 is 0 Å². The summed E-state index contributed by atoms with van der Waals surface area (Å²) in [4.78, 5) is 15.8. The van der Waals surface area contributed by atoms with E-state index in [1.807, 2.05) is 25.1 Å². The van der Waals surface area contributed by atoms with Gasteiger partial charge >= 0.3 is 6.03 Å². The highest BCUT2D eigenvalue weighted by Gasteiger charge is 2.61. The maximum Gasteiger partial charge on any atom is 0.319 e. The lowest BCUT2D eigenvalue weighted by molar-refractivity contribution is -0.102. The molecule has 3 bridgehead atoms. The molecule has 4 nitrogen and oxygen atoms in total. The second-order valence-electron chi connectivity index (χ2n) is 8.63. The van der Waals surface area contributed by atoms with Crippen molar-refractivity contribution in [3.8, 4) is 0 Å². The number of aromatic amines is 1. The molecule has 1 heterocycles. The quantitative estimate of drug-likeness (QED) is 0.736. The van der Waals surface area contributed by atoms with Gasteiger partial charge in [-0.1, -0.05) is 12.8 Å². The topological polar surface area (TPSA) is 56.9 Å². The standard InChI is InChI=1S/C20H25N3O/c1-13-7-15-8-16(4-5-17(15)21-13)22-18(24)23-20-10-14-3-2-6-19(9-14,11-20)12-20/h4-5,7-8,14,21H,2-3,6,9-12H2,1H3,(H2,22,23,24). The Morgan fingerprint density at radius 2 is 2.12 bits per heavy atom. The van der Waals surface area contributed by atoms with E-state index in [0.717, 1.165) is 28.2 Å². The summed E-state index contributed by atoms with van der Waals surface area (Å²) in [5.74, 6) is 0.834. The Morgan fingerprint density at radius 3 is 2.96 bits per heavy atom. The van der Waals surface area contributed by atoms with E-state index in [2.05, 4.69) is 21.7 Å². The number of hydrogen-bond acceptors (Lipinski definition) is 1. The second kappa shape index (κ2) is 4.78. The van der Waals surface area contributed by atoms with Gasteiger partial charge in [-0.05, 0) is 74.6 Å². The van der Waals surface area contributed by atoms with Gasteiger partial charge in [0.05, 0.1) is 0 Å². The highest BCUT2D eigenvalue weighted by molar-refractivity contribution is 5.93. The van der Waals surface area contributed by atoms with Gasteiger partial charge in [0.25, 0.3) is 0 Å². The highest BCUT2D eigenvalue weighted by atomic mass is 16.2. The molecular weight excluding hydrogens is 298 g/mol. The van der Waals surface area contributed by atoms with Crippen LogP contribution in [0.4, 0.5) is 10.5 Å². The summed E-state index contributed by atoms with van der Waals surface area (Å²) >= 11 is 0. The Kier molecular flexibility index (Phi) is 2.86. The first kappa shape index (κ1) is 14.4. The molecule has 1 spiro atoms. The van der Waals surface area contributed by atoms with Crippen molar-refractivity contribution in [2.24, 2.45) is 11.3 Å². The fourth-order valence-corrected chi connectivity index (χ4v) is 6.06. The van der Waals surface area contributed by atoms with E-state index in [1.165, 1.54) is 44.9 Å². The molecule has 0 aliphatic heterocycles. The summed E-state index contributed by atoms with van der Waals surface area (Å²) in [6.45, 7) is 2.05. The van der Waals surface area contributed by atoms with Crippen molar-refractivity contribution in [2.75, 3.05) is 5.32 Å². The number of H-pyrrole nitrogens is 1. The van der Waals surface area contributed by atoms with Crippen LogP contribution in [0, 0.1) is 18.3 Å². The number of urea groups is 1. The summed E-state index contributed by atoms with van der Waals surface area (Å²) in [5, 5.41) is 7.51. The minimum absolute atomic E-state index is 0.0450. The van der Waals surface area contributed by atoms with Gasteiger partial charge in [0.1, 0.15) is 0 Å². The van der Waals surface area contributed by atoms with E-state index in [-0.39, 0.29) is 11.6 Å². The average molecular weight is 323 g/mol. The third-order valence-corrected chi connectivity index (χ3v) is 6.54. The maximum absolute atomic E-state index is 12.5. The molecule has 1 atom stereocenters. The van der Waals surface area contributed by atoms with Crippen LogP contribution in [0.3, 0.4) is 0 Å². The molecule has 0 saturated heterocycles. The number of rotatable bonds is 2. The number of anilines is 1. The number of hydrogen-bond donors (Lipinski definition) is 3. The summed E-state index contributed by atoms with van der Waals surface area (Å²) in [7, 11) is 0. The second-order valence-corrected chi connectivity index (χ2v) is 8.63. The van der Waals surface area contributed by atoms with Gasteiger partial charge in [0.15, 0.2) is 0 Å². The zero-order valence-corrected chi connectivity index (χ0v) is 14.2. The van der Waals surface area contributed by atoms with Gasteiger partial charge in [0, 0.05) is 27.8 Å². The summed E-state index contributed by atoms with van der Waals surface area (Å²) in [5.41, 5.74) is 3.75. The maximum atomic E-state index is 12.5. The van der Waals surface area contributed by atoms with Crippen molar-refractivity contribution in [2.45, 2.75) is 57.4 Å². The predicted octanol–water partition coefficient (Wildman–Crippen LogP) is 4.71. The van der Waals surface area contributed by atoms with Gasteiger partial charge in [-0.15, -0.1) is 0 Å². The van der Waals surface area contributed by atoms with Crippen LogP contribution in [0.25, 0.3) is 10.9 Å². The van der Waals surface area contributed by atoms with E-state index in [4.69, 9.17) is 0 Å². The summed E-state index contributed by atoms with van der Waals surface area (Å²) in [6, 6.07) is 8.09. The molecule has 2 amide bonds. The number of fused-ring (bicyclic) bond motifs is 1. The fraction of sp³-hybridized carbons (Fsp3) is 0.550. The van der Waals surface area contributed by atoms with Crippen LogP contribution in [-0.2, 0) is 0 Å². The van der Waals surface area contributed by atoms with E-state index in [1.54, 1.807) is 0 Å². The first-order chi connectivity index (χ1) is 11.5. The first-order valence-corrected chi connectivity index (χ1v) is 9.22. The Bertz CT molecular complexity index is 810. The molecule has 3 N–H and O–H groups in total. The minimum Gasteiger partial charge on any atom is -0.359 e. The lowest BCUT2D eigenvalue weighted by Crippen LogP contribution is -2.67. The normalized spacial score (nSPS) is 33.8. The van der Waals surface area contributed by atoms with Crippen LogP contribution in [0.1, 0.15) is 50.6 Å². The highest BCUT2D eigenvalue weighted by Crippen LogP contribution is 2.65. The number of carbonyl (C=O) groups is 1. The number of amides is 2. The SMILES string of the molecule is Cc1cc2cc(NC(=O)NC34CC5CCCC(C5)(C3)C4)ccc2[nH]1. The van der Waals surface area contributed by atoms with Crippen LogP contribution in [0.15, 0.2) is 24.3 Å². The zero-order valence-electron chi connectivity index (χ0n) is 14.2. The zero-order chi connectivity index (χ0) is 16.4. The monoisotopic (exact) mass is 323 g/mol. The number of aryl methyl sites for hydroxylation is 1. The summed E-state index contributed by atoms with van der Waals surface area (Å²) < 4.78 is 0. The van der Waals surface area contributed by atoms with Crippen LogP contribution in [-0.4, -0.2) is 16.6 Å². The molecule has 1 unspecified atom stereocenters. The summed E-state index contributed by atoms with van der Waals surface area (Å²) in [6.07, 6.45) is 9.09. The molecule has 24 heavy (non-hydrogen) atoms. The van der Waals surface area contributed by atoms with Gasteiger partial charge in [-0.3, -0.25) is 0 Å². The molecule has 0 radical (unpaired) electrons. The molecular formula is C20H25N3O. The molecule has 4 aliphatic rings. The van der Waals surface area contributed by atoms with Crippen LogP contribution < -0.4 is 10.6 Å². The number of carbonyl (C=O) groups excluding carboxylic acids is 1. The molecule has 4 saturated carbocycles. The first-order valence-electron chi connectivity index (χ1n) is 9.22. The van der Waals surface area contributed by atoms with E-state index in [9.17, 15) is 4.79 Å². The van der Waals surface area contributed by atoms with Crippen molar-refractivity contribution in [1.29, 1.82) is 0 Å². The molecule has 2 aromatic rings. The smallest absolute Gasteiger partial charge is 0.319 e. The molecule has 6 rings (SSSR count). The number of benzene rings is 1. The Hall–Kier alpha value is -1.97. The third kappa shape index (κ3) is 2.23. The molecule has 126 valence electrons. The van der Waals surface area contributed by atoms with Crippen molar-refractivity contribution in [3.05, 3.63) is 30.0 Å². The largest absolute Gasteiger partial charge is 0.359 e. The van der Waals surface area contributed by atoms with Gasteiger partial charge in [-0.25, -0.2) is 4.79 Å². The van der Waals surface area contributed by atoms with Crippen molar-refractivity contribution < 1.29 is 4.79 Å². The Labute approximate surface area is 142 Å². The van der Waals surface area contributed by atoms with E-state index >= 15 is 0 Å². The minimum atomic E-state index is -0.0450. The van der Waals surface area contributed by atoms with E-state index < -0.39 is 0 Å². The Morgan fingerprint density at radius 1 is 1.25 bits per heavy atom. The number of aromatic nitrogens is 1. The predicted molar refractivity (Wildman–Crippen MR) is 96.2 cm³/mol. The lowest BCUT2D eigenvalue weighted by Gasteiger charge is -2.65. The lowest BCUT2D eigenvalue weighted by atomic mass is 9.43. The van der Waals surface area contributed by atoms with Crippen molar-refractivity contribution in [3.63, 3.8) is 0 Å². The van der Waals surface area contributed by atoms with Crippen molar-refractivity contribution >= 4 is 22.6 Å². The van der Waals surface area contributed by atoms with Crippen LogP contribution in [0.5, 0.6) is 0 Å². The molecule has 1 aromatic carbocycles. The molecule has 1 aromatic heterocycles. The van der Waals surface area contributed by atoms with E-state index in [0.29, 0.717) is 5.41 Å². The molecule has 4 heteroatoms.